The number of thioether (sulfide) groups is 1. The molecule has 2 aromatic heterocycles. The molecule has 78 valence electrons. The number of aromatic nitrogens is 3. The van der Waals surface area contributed by atoms with Crippen molar-refractivity contribution in [2.75, 3.05) is 0 Å². The summed E-state index contributed by atoms with van der Waals surface area (Å²) in [5.74, 6) is 0.671. The van der Waals surface area contributed by atoms with Gasteiger partial charge in [-0.1, -0.05) is 23.4 Å². The van der Waals surface area contributed by atoms with E-state index in [4.69, 9.17) is 16.0 Å². The monoisotopic (exact) mass is 241 g/mol. The van der Waals surface area contributed by atoms with Crippen LogP contribution in [0.5, 0.6) is 0 Å². The molecule has 0 fully saturated rings. The lowest BCUT2D eigenvalue weighted by Gasteiger charge is -1.95. The summed E-state index contributed by atoms with van der Waals surface area (Å²) in [5, 5.41) is 8.72. The first kappa shape index (κ1) is 10.4. The van der Waals surface area contributed by atoms with E-state index >= 15 is 0 Å². The van der Waals surface area contributed by atoms with Gasteiger partial charge in [-0.3, -0.25) is 0 Å². The van der Waals surface area contributed by atoms with Crippen LogP contribution < -0.4 is 0 Å². The number of aryl methyl sites for hydroxylation is 1. The molecule has 0 radical (unpaired) electrons. The van der Waals surface area contributed by atoms with E-state index < -0.39 is 0 Å². The molecule has 0 bridgehead atoms. The normalized spacial score (nSPS) is 10.5. The van der Waals surface area contributed by atoms with Gasteiger partial charge in [-0.05, 0) is 19.1 Å². The van der Waals surface area contributed by atoms with E-state index in [0.29, 0.717) is 16.1 Å². The maximum atomic E-state index is 5.62. The SMILES string of the molecule is Cc1coc(SCc2ccc(Cl)nn2)n1. The highest BCUT2D eigenvalue weighted by atomic mass is 35.5. The van der Waals surface area contributed by atoms with E-state index in [-0.39, 0.29) is 0 Å². The molecule has 0 unspecified atom stereocenters. The minimum atomic E-state index is 0.399. The van der Waals surface area contributed by atoms with Crippen LogP contribution in [-0.2, 0) is 5.75 Å². The molecule has 2 aromatic rings. The molecular weight excluding hydrogens is 234 g/mol. The summed E-state index contributed by atoms with van der Waals surface area (Å²) < 4.78 is 5.19. The lowest BCUT2D eigenvalue weighted by Crippen LogP contribution is -1.89. The van der Waals surface area contributed by atoms with Crippen LogP contribution in [0, 0.1) is 6.92 Å². The lowest BCUT2D eigenvalue weighted by molar-refractivity contribution is 0.454. The average molecular weight is 242 g/mol. The summed E-state index contributed by atoms with van der Waals surface area (Å²) in [6.07, 6.45) is 1.62. The topological polar surface area (TPSA) is 51.8 Å². The standard InChI is InChI=1S/C9H8ClN3OS/c1-6-4-14-9(11-6)15-5-7-2-3-8(10)13-12-7/h2-4H,5H2,1H3. The van der Waals surface area contributed by atoms with Crippen molar-refractivity contribution in [1.82, 2.24) is 15.2 Å². The first-order valence-corrected chi connectivity index (χ1v) is 5.63. The van der Waals surface area contributed by atoms with Gasteiger partial charge in [0.05, 0.1) is 11.4 Å². The second-order valence-electron chi connectivity index (χ2n) is 2.89. The molecule has 0 aliphatic heterocycles. The van der Waals surface area contributed by atoms with Crippen LogP contribution >= 0.6 is 23.4 Å². The third-order valence-corrected chi connectivity index (χ3v) is 2.70. The zero-order chi connectivity index (χ0) is 10.7. The quantitative estimate of drug-likeness (QED) is 0.774. The minimum absolute atomic E-state index is 0.399. The highest BCUT2D eigenvalue weighted by molar-refractivity contribution is 7.98. The maximum Gasteiger partial charge on any atom is 0.256 e. The van der Waals surface area contributed by atoms with Gasteiger partial charge in [0.15, 0.2) is 5.15 Å². The van der Waals surface area contributed by atoms with Gasteiger partial charge >= 0.3 is 0 Å². The predicted molar refractivity (Wildman–Crippen MR) is 57.8 cm³/mol. The first-order chi connectivity index (χ1) is 7.24. The summed E-state index contributed by atoms with van der Waals surface area (Å²) in [5.41, 5.74) is 1.72. The zero-order valence-corrected chi connectivity index (χ0v) is 9.55. The zero-order valence-electron chi connectivity index (χ0n) is 7.98. The Morgan fingerprint density at radius 1 is 1.40 bits per heavy atom. The summed E-state index contributed by atoms with van der Waals surface area (Å²) in [6.45, 7) is 1.88. The fourth-order valence-corrected chi connectivity index (χ4v) is 1.81. The largest absolute Gasteiger partial charge is 0.440 e. The molecule has 0 N–H and O–H groups in total. The lowest BCUT2D eigenvalue weighted by atomic mass is 10.4. The van der Waals surface area contributed by atoms with E-state index in [2.05, 4.69) is 15.2 Å². The Morgan fingerprint density at radius 2 is 2.27 bits per heavy atom. The first-order valence-electron chi connectivity index (χ1n) is 4.27. The Kier molecular flexibility index (Phi) is 3.23. The van der Waals surface area contributed by atoms with Gasteiger partial charge in [0.25, 0.3) is 5.22 Å². The molecule has 0 saturated heterocycles. The molecule has 0 saturated carbocycles. The van der Waals surface area contributed by atoms with Crippen molar-refractivity contribution in [2.24, 2.45) is 0 Å². The van der Waals surface area contributed by atoms with Crippen LogP contribution in [0.3, 0.4) is 0 Å². The van der Waals surface area contributed by atoms with Crippen molar-refractivity contribution >= 4 is 23.4 Å². The second-order valence-corrected chi connectivity index (χ2v) is 4.20. The van der Waals surface area contributed by atoms with Crippen molar-refractivity contribution in [3.05, 3.63) is 34.9 Å². The fraction of sp³-hybridized carbons (Fsp3) is 0.222. The van der Waals surface area contributed by atoms with E-state index in [0.717, 1.165) is 11.4 Å². The number of halogens is 1. The Hall–Kier alpha value is -1.07. The van der Waals surface area contributed by atoms with Gasteiger partial charge in [0, 0.05) is 5.75 Å². The molecule has 0 aliphatic rings. The number of hydrogen-bond acceptors (Lipinski definition) is 5. The molecule has 2 heterocycles. The van der Waals surface area contributed by atoms with Crippen molar-refractivity contribution < 1.29 is 4.42 Å². The Balaban J connectivity index is 1.96. The Bertz CT molecular complexity index is 443. The minimum Gasteiger partial charge on any atom is -0.440 e. The molecular formula is C9H8ClN3OS. The highest BCUT2D eigenvalue weighted by Gasteiger charge is 2.03. The number of rotatable bonds is 3. The maximum absolute atomic E-state index is 5.62. The van der Waals surface area contributed by atoms with Crippen molar-refractivity contribution in [1.29, 1.82) is 0 Å². The van der Waals surface area contributed by atoms with Gasteiger partial charge in [-0.15, -0.1) is 5.10 Å². The third kappa shape index (κ3) is 2.94. The summed E-state index contributed by atoms with van der Waals surface area (Å²) in [6, 6.07) is 3.55. The van der Waals surface area contributed by atoms with Crippen LogP contribution in [-0.4, -0.2) is 15.2 Å². The van der Waals surface area contributed by atoms with E-state index in [1.807, 2.05) is 13.0 Å². The van der Waals surface area contributed by atoms with Crippen LogP contribution in [0.15, 0.2) is 28.0 Å². The van der Waals surface area contributed by atoms with Crippen LogP contribution in [0.2, 0.25) is 5.15 Å². The van der Waals surface area contributed by atoms with Gasteiger partial charge in [-0.25, -0.2) is 4.98 Å². The van der Waals surface area contributed by atoms with Gasteiger partial charge < -0.3 is 4.42 Å². The molecule has 15 heavy (non-hydrogen) atoms. The van der Waals surface area contributed by atoms with E-state index in [1.54, 1.807) is 12.3 Å². The molecule has 0 spiro atoms. The number of hydrogen-bond donors (Lipinski definition) is 0. The predicted octanol–water partition coefficient (Wildman–Crippen LogP) is 2.72. The van der Waals surface area contributed by atoms with Crippen LogP contribution in [0.1, 0.15) is 11.4 Å². The smallest absolute Gasteiger partial charge is 0.256 e. The molecule has 4 nitrogen and oxygen atoms in total. The van der Waals surface area contributed by atoms with Crippen LogP contribution in [0.25, 0.3) is 0 Å². The summed E-state index contributed by atoms with van der Waals surface area (Å²) in [7, 11) is 0. The third-order valence-electron chi connectivity index (χ3n) is 1.63. The van der Waals surface area contributed by atoms with Crippen molar-refractivity contribution in [3.63, 3.8) is 0 Å². The van der Waals surface area contributed by atoms with Crippen molar-refractivity contribution in [2.45, 2.75) is 17.9 Å². The molecule has 0 aromatic carbocycles. The Morgan fingerprint density at radius 3 is 2.87 bits per heavy atom. The number of nitrogens with zero attached hydrogens (tertiary/aromatic N) is 3. The molecule has 6 heteroatoms. The van der Waals surface area contributed by atoms with E-state index in [9.17, 15) is 0 Å². The van der Waals surface area contributed by atoms with Crippen LogP contribution in [0.4, 0.5) is 0 Å². The van der Waals surface area contributed by atoms with Gasteiger partial charge in [0.2, 0.25) is 0 Å². The van der Waals surface area contributed by atoms with E-state index in [1.165, 1.54) is 11.8 Å². The van der Waals surface area contributed by atoms with Crippen molar-refractivity contribution in [3.8, 4) is 0 Å². The number of oxazole rings is 1. The summed E-state index contributed by atoms with van der Waals surface area (Å²) >= 11 is 7.10. The van der Waals surface area contributed by atoms with Gasteiger partial charge in [0.1, 0.15) is 6.26 Å². The Labute approximate surface area is 96.1 Å². The highest BCUT2D eigenvalue weighted by Crippen LogP contribution is 2.20. The molecule has 0 aliphatic carbocycles. The average Bonchev–Trinajstić information content (AvgIpc) is 2.64. The van der Waals surface area contributed by atoms with Gasteiger partial charge in [-0.2, -0.15) is 5.10 Å². The fourth-order valence-electron chi connectivity index (χ4n) is 0.955. The molecule has 2 rings (SSSR count). The second kappa shape index (κ2) is 4.63. The molecule has 0 atom stereocenters. The molecule has 0 amide bonds. The summed E-state index contributed by atoms with van der Waals surface area (Å²) in [4.78, 5) is 4.17.